The highest BCUT2D eigenvalue weighted by Crippen LogP contribution is 2.37. The van der Waals surface area contributed by atoms with E-state index in [0.717, 1.165) is 59.2 Å². The summed E-state index contributed by atoms with van der Waals surface area (Å²) in [6, 6.07) is 28.9. The maximum atomic E-state index is 13.6. The molecule has 0 unspecified atom stereocenters. The van der Waals surface area contributed by atoms with Gasteiger partial charge in [-0.05, 0) is 77.9 Å². The summed E-state index contributed by atoms with van der Waals surface area (Å²) in [5.74, 6) is 0.787. The highest BCUT2D eigenvalue weighted by Gasteiger charge is 2.39. The third kappa shape index (κ3) is 6.23. The minimum absolute atomic E-state index is 0.0438. The molecule has 0 aliphatic heterocycles. The predicted molar refractivity (Wildman–Crippen MR) is 166 cm³/mol. The average molecular weight is 604 g/mol. The van der Waals surface area contributed by atoms with Crippen LogP contribution >= 0.6 is 23.2 Å². The number of nitrogens with one attached hydrogen (secondary N) is 1. The molecule has 6 nitrogen and oxygen atoms in total. The fraction of sp³-hybridized carbons (Fsp3) is 0.188. The summed E-state index contributed by atoms with van der Waals surface area (Å²) in [4.78, 5) is 9.04. The molecule has 1 aromatic heterocycles. The molecular weight excluding hydrogens is 575 g/mol. The molecule has 1 fully saturated rings. The Morgan fingerprint density at radius 1 is 0.829 bits per heavy atom. The standard InChI is InChI=1S/C32H28Cl2N4O2S/c33-26-10-14-31(29(34)19-26)41(39,40)38(27-11-12-27)20-23-7-4-8-24(17-23)25-9-13-30-28(18-25)32(37-21-36-30)35-16-15-22-5-2-1-3-6-22/h1-10,13-14,17-19,21,27H,11-12,15-16,20H2,(H,35,36,37). The van der Waals surface area contributed by atoms with Gasteiger partial charge in [0.1, 0.15) is 17.0 Å². The largest absolute Gasteiger partial charge is 0.369 e. The number of fused-ring (bicyclic) bond motifs is 1. The van der Waals surface area contributed by atoms with Crippen LogP contribution in [0, 0.1) is 0 Å². The van der Waals surface area contributed by atoms with E-state index in [-0.39, 0.29) is 22.5 Å². The van der Waals surface area contributed by atoms with E-state index in [0.29, 0.717) is 5.02 Å². The van der Waals surface area contributed by atoms with Crippen molar-refractivity contribution in [1.82, 2.24) is 14.3 Å². The first-order valence-electron chi connectivity index (χ1n) is 13.5. The lowest BCUT2D eigenvalue weighted by Gasteiger charge is -2.23. The molecule has 1 aliphatic rings. The molecule has 0 bridgehead atoms. The van der Waals surface area contributed by atoms with Gasteiger partial charge in [-0.15, -0.1) is 0 Å². The zero-order valence-electron chi connectivity index (χ0n) is 22.2. The molecule has 0 spiro atoms. The molecule has 0 radical (unpaired) electrons. The fourth-order valence-corrected chi connectivity index (χ4v) is 7.38. The van der Waals surface area contributed by atoms with Gasteiger partial charge in [0, 0.05) is 29.5 Å². The Morgan fingerprint density at radius 3 is 2.39 bits per heavy atom. The van der Waals surface area contributed by atoms with E-state index in [2.05, 4.69) is 33.5 Å². The van der Waals surface area contributed by atoms with Crippen molar-refractivity contribution in [1.29, 1.82) is 0 Å². The Bertz CT molecular complexity index is 1810. The van der Waals surface area contributed by atoms with Gasteiger partial charge >= 0.3 is 0 Å². The summed E-state index contributed by atoms with van der Waals surface area (Å²) < 4.78 is 28.8. The van der Waals surface area contributed by atoms with Gasteiger partial charge in [0.25, 0.3) is 0 Å². The number of hydrogen-bond acceptors (Lipinski definition) is 5. The van der Waals surface area contributed by atoms with Gasteiger partial charge < -0.3 is 5.32 Å². The van der Waals surface area contributed by atoms with Crippen molar-refractivity contribution >= 4 is 49.9 Å². The van der Waals surface area contributed by atoms with E-state index < -0.39 is 10.0 Å². The lowest BCUT2D eigenvalue weighted by Crippen LogP contribution is -2.32. The Morgan fingerprint density at radius 2 is 1.61 bits per heavy atom. The van der Waals surface area contributed by atoms with E-state index in [1.54, 1.807) is 16.7 Å². The van der Waals surface area contributed by atoms with Crippen molar-refractivity contribution in [3.05, 3.63) is 118 Å². The molecule has 5 aromatic rings. The van der Waals surface area contributed by atoms with Crippen molar-refractivity contribution < 1.29 is 8.42 Å². The fourth-order valence-electron chi connectivity index (χ4n) is 4.96. The molecule has 1 aliphatic carbocycles. The molecule has 1 saturated carbocycles. The van der Waals surface area contributed by atoms with Crippen LogP contribution in [-0.4, -0.2) is 35.3 Å². The van der Waals surface area contributed by atoms with Crippen LogP contribution in [-0.2, 0) is 23.0 Å². The first-order valence-corrected chi connectivity index (χ1v) is 15.7. The van der Waals surface area contributed by atoms with Crippen molar-refractivity contribution in [3.8, 4) is 11.1 Å². The summed E-state index contributed by atoms with van der Waals surface area (Å²) in [6.45, 7) is 1.00. The van der Waals surface area contributed by atoms with Crippen LogP contribution in [0.3, 0.4) is 0 Å². The molecule has 1 heterocycles. The van der Waals surface area contributed by atoms with Crippen molar-refractivity contribution in [2.45, 2.75) is 36.7 Å². The second-order valence-corrected chi connectivity index (χ2v) is 12.9. The minimum atomic E-state index is -3.81. The summed E-state index contributed by atoms with van der Waals surface area (Å²) >= 11 is 12.3. The highest BCUT2D eigenvalue weighted by atomic mass is 35.5. The highest BCUT2D eigenvalue weighted by molar-refractivity contribution is 7.89. The molecular formula is C32H28Cl2N4O2S. The van der Waals surface area contributed by atoms with Crippen LogP contribution in [0.2, 0.25) is 10.0 Å². The Labute approximate surface area is 250 Å². The number of anilines is 1. The maximum absolute atomic E-state index is 13.6. The summed E-state index contributed by atoms with van der Waals surface area (Å²) in [7, 11) is -3.81. The number of benzene rings is 4. The number of rotatable bonds is 10. The van der Waals surface area contributed by atoms with Crippen LogP contribution in [0.25, 0.3) is 22.0 Å². The topological polar surface area (TPSA) is 75.2 Å². The van der Waals surface area contributed by atoms with Crippen LogP contribution in [0.4, 0.5) is 5.82 Å². The van der Waals surface area contributed by atoms with Gasteiger partial charge in [-0.1, -0.05) is 77.8 Å². The zero-order chi connectivity index (χ0) is 28.4. The first kappa shape index (κ1) is 27.7. The summed E-state index contributed by atoms with van der Waals surface area (Å²) in [6.07, 6.45) is 4.12. The number of hydrogen-bond donors (Lipinski definition) is 1. The minimum Gasteiger partial charge on any atom is -0.369 e. The van der Waals surface area contributed by atoms with Crippen molar-refractivity contribution in [2.75, 3.05) is 11.9 Å². The monoisotopic (exact) mass is 602 g/mol. The quantitative estimate of drug-likeness (QED) is 0.178. The smallest absolute Gasteiger partial charge is 0.245 e. The van der Waals surface area contributed by atoms with Gasteiger partial charge in [0.2, 0.25) is 10.0 Å². The Kier molecular flexibility index (Phi) is 7.95. The second-order valence-electron chi connectivity index (χ2n) is 10.2. The molecule has 6 rings (SSSR count). The van der Waals surface area contributed by atoms with Gasteiger partial charge in [0.15, 0.2) is 0 Å². The third-order valence-corrected chi connectivity index (χ3v) is 9.83. The number of aromatic nitrogens is 2. The normalized spacial score (nSPS) is 13.5. The SMILES string of the molecule is O=S(=O)(c1ccc(Cl)cc1Cl)N(Cc1cccc(-c2ccc3ncnc(NCCc4ccccc4)c3c2)c1)C1CC1. The lowest BCUT2D eigenvalue weighted by atomic mass is 10.0. The Balaban J connectivity index is 1.26. The van der Waals surface area contributed by atoms with Crippen LogP contribution in [0.1, 0.15) is 24.0 Å². The van der Waals surface area contributed by atoms with Crippen LogP contribution in [0.5, 0.6) is 0 Å². The molecule has 0 atom stereocenters. The molecule has 0 amide bonds. The first-order chi connectivity index (χ1) is 19.9. The van der Waals surface area contributed by atoms with Gasteiger partial charge in [-0.2, -0.15) is 4.31 Å². The second kappa shape index (κ2) is 11.8. The molecule has 4 aromatic carbocycles. The van der Waals surface area contributed by atoms with E-state index in [1.807, 2.05) is 54.6 Å². The lowest BCUT2D eigenvalue weighted by molar-refractivity contribution is 0.398. The van der Waals surface area contributed by atoms with Gasteiger partial charge in [0.05, 0.1) is 10.5 Å². The van der Waals surface area contributed by atoms with E-state index in [4.69, 9.17) is 23.2 Å². The molecule has 41 heavy (non-hydrogen) atoms. The van der Waals surface area contributed by atoms with E-state index >= 15 is 0 Å². The zero-order valence-corrected chi connectivity index (χ0v) is 24.5. The van der Waals surface area contributed by atoms with Gasteiger partial charge in [-0.25, -0.2) is 18.4 Å². The molecule has 1 N–H and O–H groups in total. The number of sulfonamides is 1. The van der Waals surface area contributed by atoms with Gasteiger partial charge in [-0.3, -0.25) is 0 Å². The van der Waals surface area contributed by atoms with Crippen LogP contribution in [0.15, 0.2) is 102 Å². The molecule has 208 valence electrons. The van der Waals surface area contributed by atoms with Crippen LogP contribution < -0.4 is 5.32 Å². The third-order valence-electron chi connectivity index (χ3n) is 7.22. The van der Waals surface area contributed by atoms with Crippen molar-refractivity contribution in [3.63, 3.8) is 0 Å². The summed E-state index contributed by atoms with van der Waals surface area (Å²) in [5.41, 5.74) is 5.00. The molecule has 9 heteroatoms. The average Bonchev–Trinajstić information content (AvgIpc) is 3.82. The number of nitrogens with zero attached hydrogens (tertiary/aromatic N) is 3. The van der Waals surface area contributed by atoms with Crippen molar-refractivity contribution in [2.24, 2.45) is 0 Å². The van der Waals surface area contributed by atoms with E-state index in [9.17, 15) is 8.42 Å². The Hall–Kier alpha value is -3.49. The number of halogens is 2. The maximum Gasteiger partial charge on any atom is 0.245 e. The summed E-state index contributed by atoms with van der Waals surface area (Å²) in [5, 5.41) is 4.93. The molecule has 0 saturated heterocycles. The predicted octanol–water partition coefficient (Wildman–Crippen LogP) is 7.61. The van der Waals surface area contributed by atoms with E-state index in [1.165, 1.54) is 17.7 Å².